The Hall–Kier alpha value is -1.40. The molecule has 1 aliphatic rings. The highest BCUT2D eigenvalue weighted by atomic mass is 19.3. The molecule has 2 aromatic rings. The van der Waals surface area contributed by atoms with Crippen molar-refractivity contribution in [2.24, 2.45) is 0 Å². The van der Waals surface area contributed by atoms with Gasteiger partial charge in [0.2, 0.25) is 0 Å². The molecule has 22 heavy (non-hydrogen) atoms. The van der Waals surface area contributed by atoms with Crippen molar-refractivity contribution in [1.82, 2.24) is 4.57 Å². The van der Waals surface area contributed by atoms with Crippen LogP contribution in [0.2, 0.25) is 0 Å². The maximum atomic E-state index is 12.7. The predicted octanol–water partition coefficient (Wildman–Crippen LogP) is 3.21. The number of fused-ring (bicyclic) bond motifs is 1. The number of hydrogen-bond acceptors (Lipinski definition) is 2. The molecule has 3 rings (SSSR count). The van der Waals surface area contributed by atoms with Crippen molar-refractivity contribution in [3.63, 3.8) is 0 Å². The van der Waals surface area contributed by atoms with Gasteiger partial charge in [-0.25, -0.2) is 8.78 Å². The van der Waals surface area contributed by atoms with Crippen molar-refractivity contribution in [2.45, 2.75) is 51.9 Å². The molecule has 1 aromatic heterocycles. The lowest BCUT2D eigenvalue weighted by Gasteiger charge is -2.32. The number of nitrogens with zero attached hydrogens (tertiary/aromatic N) is 1. The molecule has 0 bridgehead atoms. The van der Waals surface area contributed by atoms with E-state index in [1.54, 1.807) is 10.8 Å². The van der Waals surface area contributed by atoms with Crippen molar-refractivity contribution in [2.75, 3.05) is 0 Å². The van der Waals surface area contributed by atoms with Crippen LogP contribution in [-0.4, -0.2) is 29.3 Å². The topological polar surface area (TPSA) is 23.4 Å². The summed E-state index contributed by atoms with van der Waals surface area (Å²) in [6.07, 6.45) is -0.693. The molecule has 1 saturated heterocycles. The summed E-state index contributed by atoms with van der Waals surface area (Å²) in [7, 11) is -0.490. The van der Waals surface area contributed by atoms with Gasteiger partial charge in [0.15, 0.2) is 0 Å². The highest BCUT2D eigenvalue weighted by molar-refractivity contribution is 6.65. The number of benzene rings is 1. The van der Waals surface area contributed by atoms with Crippen LogP contribution in [0.1, 0.15) is 27.7 Å². The van der Waals surface area contributed by atoms with Gasteiger partial charge in [0, 0.05) is 11.7 Å². The van der Waals surface area contributed by atoms with Crippen molar-refractivity contribution in [3.05, 3.63) is 30.5 Å². The molecule has 118 valence electrons. The molecule has 0 spiro atoms. The number of rotatable bonds is 3. The first-order chi connectivity index (χ1) is 10.2. The fourth-order valence-corrected chi connectivity index (χ4v) is 2.73. The first-order valence-corrected chi connectivity index (χ1v) is 7.43. The van der Waals surface area contributed by atoms with Crippen molar-refractivity contribution >= 4 is 23.5 Å². The third-order valence-corrected chi connectivity index (χ3v) is 4.69. The zero-order valence-electron chi connectivity index (χ0n) is 13.3. The van der Waals surface area contributed by atoms with Gasteiger partial charge in [-0.05, 0) is 50.7 Å². The van der Waals surface area contributed by atoms with Gasteiger partial charge in [-0.2, -0.15) is 0 Å². The molecule has 0 saturated carbocycles. The summed E-state index contributed by atoms with van der Waals surface area (Å²) in [5.41, 5.74) is 0.799. The molecule has 1 aromatic carbocycles. The smallest absolute Gasteiger partial charge is 0.399 e. The van der Waals surface area contributed by atoms with Gasteiger partial charge >= 0.3 is 7.12 Å². The molecule has 0 amide bonds. The zero-order valence-corrected chi connectivity index (χ0v) is 13.3. The molecule has 3 nitrogen and oxygen atoms in total. The van der Waals surface area contributed by atoms with Gasteiger partial charge in [-0.3, -0.25) is 0 Å². The van der Waals surface area contributed by atoms with E-state index < -0.39 is 24.7 Å². The van der Waals surface area contributed by atoms with Crippen molar-refractivity contribution < 1.29 is 18.1 Å². The lowest BCUT2D eigenvalue weighted by atomic mass is 9.77. The van der Waals surface area contributed by atoms with Crippen molar-refractivity contribution in [1.29, 1.82) is 0 Å². The number of alkyl halides is 2. The van der Waals surface area contributed by atoms with Gasteiger partial charge < -0.3 is 13.9 Å². The minimum Gasteiger partial charge on any atom is -0.399 e. The maximum absolute atomic E-state index is 12.7. The van der Waals surface area contributed by atoms with Gasteiger partial charge in [-0.15, -0.1) is 0 Å². The SMILES string of the molecule is CC1(C)OB(c2cccc3c2ccn3CC(F)F)OC1(C)C. The van der Waals surface area contributed by atoms with Crippen molar-refractivity contribution in [3.8, 4) is 0 Å². The Balaban J connectivity index is 2.01. The Morgan fingerprint density at radius 2 is 1.73 bits per heavy atom. The van der Waals surface area contributed by atoms with Gasteiger partial charge in [0.25, 0.3) is 6.43 Å². The third kappa shape index (κ3) is 2.44. The van der Waals surface area contributed by atoms with E-state index in [4.69, 9.17) is 9.31 Å². The van der Waals surface area contributed by atoms with E-state index in [1.807, 2.05) is 52.0 Å². The lowest BCUT2D eigenvalue weighted by molar-refractivity contribution is 0.00578. The van der Waals surface area contributed by atoms with E-state index >= 15 is 0 Å². The molecule has 1 aliphatic heterocycles. The fraction of sp³-hybridized carbons (Fsp3) is 0.500. The summed E-state index contributed by atoms with van der Waals surface area (Å²) < 4.78 is 39.0. The van der Waals surface area contributed by atoms with Crippen LogP contribution in [0.3, 0.4) is 0 Å². The molecule has 0 aliphatic carbocycles. The maximum Gasteiger partial charge on any atom is 0.495 e. The average molecular weight is 307 g/mol. The molecule has 2 heterocycles. The second-order valence-electron chi connectivity index (χ2n) is 6.73. The highest BCUT2D eigenvalue weighted by Gasteiger charge is 2.52. The molecule has 1 fully saturated rings. The molecule has 0 radical (unpaired) electrons. The molecule has 0 atom stereocenters. The summed E-state index contributed by atoms with van der Waals surface area (Å²) in [5, 5.41) is 0.890. The van der Waals surface area contributed by atoms with Crippen LogP contribution in [-0.2, 0) is 15.9 Å². The molecular weight excluding hydrogens is 287 g/mol. The van der Waals surface area contributed by atoms with Crippen LogP contribution in [0.5, 0.6) is 0 Å². The summed E-state index contributed by atoms with van der Waals surface area (Å²) >= 11 is 0. The van der Waals surface area contributed by atoms with Gasteiger partial charge in [0.05, 0.1) is 17.7 Å². The standard InChI is InChI=1S/C16H20BF2NO2/c1-15(2)16(3,4)22-17(21-15)12-6-5-7-13-11(12)8-9-20(13)10-14(18)19/h5-9,14H,10H2,1-4H3. The first kappa shape index (κ1) is 15.5. The quantitative estimate of drug-likeness (QED) is 0.813. The third-order valence-electron chi connectivity index (χ3n) is 4.69. The minimum atomic E-state index is -2.38. The Morgan fingerprint density at radius 3 is 2.32 bits per heavy atom. The Morgan fingerprint density at radius 1 is 1.09 bits per heavy atom. The van der Waals surface area contributed by atoms with E-state index in [0.29, 0.717) is 0 Å². The molecular formula is C16H20BF2NO2. The van der Waals surface area contributed by atoms with Gasteiger partial charge in [0.1, 0.15) is 0 Å². The summed E-state index contributed by atoms with van der Waals surface area (Å²) in [4.78, 5) is 0. The largest absolute Gasteiger partial charge is 0.495 e. The molecule has 0 unspecified atom stereocenters. The van der Waals surface area contributed by atoms with E-state index in [-0.39, 0.29) is 6.54 Å². The number of hydrogen-bond donors (Lipinski definition) is 0. The van der Waals surface area contributed by atoms with Crippen LogP contribution >= 0.6 is 0 Å². The minimum absolute atomic E-state index is 0.309. The Labute approximate surface area is 129 Å². The van der Waals surface area contributed by atoms with Crippen LogP contribution in [0, 0.1) is 0 Å². The second kappa shape index (κ2) is 5.06. The predicted molar refractivity (Wildman–Crippen MR) is 83.7 cm³/mol. The fourth-order valence-electron chi connectivity index (χ4n) is 2.73. The van der Waals surface area contributed by atoms with Gasteiger partial charge in [-0.1, -0.05) is 12.1 Å². The summed E-state index contributed by atoms with van der Waals surface area (Å²) in [6.45, 7) is 7.67. The van der Waals surface area contributed by atoms with E-state index in [9.17, 15) is 8.78 Å². The van der Waals surface area contributed by atoms with Crippen LogP contribution < -0.4 is 5.46 Å². The first-order valence-electron chi connectivity index (χ1n) is 7.43. The van der Waals surface area contributed by atoms with Crippen LogP contribution in [0.15, 0.2) is 30.5 Å². The zero-order chi connectivity index (χ0) is 16.1. The highest BCUT2D eigenvalue weighted by Crippen LogP contribution is 2.37. The van der Waals surface area contributed by atoms with E-state index in [2.05, 4.69) is 0 Å². The van der Waals surface area contributed by atoms with Crippen LogP contribution in [0.4, 0.5) is 8.78 Å². The summed E-state index contributed by atoms with van der Waals surface area (Å²) in [6, 6.07) is 7.46. The average Bonchev–Trinajstić information content (AvgIpc) is 2.88. The second-order valence-corrected chi connectivity index (χ2v) is 6.73. The van der Waals surface area contributed by atoms with E-state index in [1.165, 1.54) is 0 Å². The number of halogens is 2. The Bertz CT molecular complexity index is 681. The van der Waals surface area contributed by atoms with E-state index in [0.717, 1.165) is 16.4 Å². The van der Waals surface area contributed by atoms with Crippen LogP contribution in [0.25, 0.3) is 10.9 Å². The molecule has 6 heteroatoms. The summed E-state index contributed by atoms with van der Waals surface area (Å²) in [5.74, 6) is 0. The number of aromatic nitrogens is 1. The lowest BCUT2D eigenvalue weighted by Crippen LogP contribution is -2.41. The Kier molecular flexibility index (Phi) is 3.57. The monoisotopic (exact) mass is 307 g/mol. The normalized spacial score (nSPS) is 20.2. The molecule has 0 N–H and O–H groups in total.